The number of allylic oxidation sites excluding steroid dienone is 1. The summed E-state index contributed by atoms with van der Waals surface area (Å²) < 4.78 is 4.88. The number of amides is 1. The molecule has 2 rings (SSSR count). The fourth-order valence-corrected chi connectivity index (χ4v) is 3.97. The fourth-order valence-electron chi connectivity index (χ4n) is 3.40. The smallest absolute Gasteiger partial charge is 0.328 e. The van der Waals surface area contributed by atoms with E-state index in [2.05, 4.69) is 15.6 Å². The van der Waals surface area contributed by atoms with Crippen LogP contribution in [-0.4, -0.2) is 44.5 Å². The van der Waals surface area contributed by atoms with Crippen molar-refractivity contribution in [2.24, 2.45) is 4.99 Å². The molecule has 0 saturated heterocycles. The van der Waals surface area contributed by atoms with E-state index in [1.807, 2.05) is 57.2 Å². The molecule has 36 heavy (non-hydrogen) atoms. The molecule has 0 aliphatic heterocycles. The highest BCUT2D eigenvalue weighted by Gasteiger charge is 2.24. The first kappa shape index (κ1) is 31.2. The third kappa shape index (κ3) is 10.4. The molecule has 0 spiro atoms. The standard InChI is InChI=1S/C26H31Cl2N3O3.C2H6/c1-4-8-23(29-2)30-16-6-5-9-18-12-14-19(15-13-18)17-22(26(33)34-3)31-25(32)24-20(27)10-7-11-21(24)28;1-2/h4,7-8,10-15,22H,5-6,9,16-17H2,1-3H3,(H,29,30)(H,31,32);1-2H3/b8-4-;. The molecule has 196 valence electrons. The molecule has 2 aromatic carbocycles. The van der Waals surface area contributed by atoms with E-state index in [-0.39, 0.29) is 22.0 Å². The monoisotopic (exact) mass is 533 g/mol. The third-order valence-corrected chi connectivity index (χ3v) is 5.84. The normalized spacial score (nSPS) is 11.9. The number of unbranched alkanes of at least 4 members (excludes halogenated alkanes) is 1. The molecule has 6 nitrogen and oxygen atoms in total. The van der Waals surface area contributed by atoms with Crippen LogP contribution in [0.2, 0.25) is 10.0 Å². The Labute approximate surface area is 225 Å². The molecule has 2 N–H and O–H groups in total. The SMILES string of the molecule is C/C=C\C(=NC)NCCCCc1ccc(CC(NC(=O)c2c(Cl)cccc2Cl)C(=O)OC)cc1.CC. The molecule has 0 aliphatic rings. The van der Waals surface area contributed by atoms with Gasteiger partial charge in [0.05, 0.1) is 22.7 Å². The summed E-state index contributed by atoms with van der Waals surface area (Å²) in [5.41, 5.74) is 2.25. The highest BCUT2D eigenvalue weighted by molar-refractivity contribution is 6.39. The van der Waals surface area contributed by atoms with Crippen LogP contribution in [0.3, 0.4) is 0 Å². The molecule has 8 heteroatoms. The van der Waals surface area contributed by atoms with Gasteiger partial charge in [0.2, 0.25) is 0 Å². The van der Waals surface area contributed by atoms with Gasteiger partial charge in [-0.15, -0.1) is 0 Å². The zero-order chi connectivity index (χ0) is 26.9. The van der Waals surface area contributed by atoms with Gasteiger partial charge in [-0.2, -0.15) is 0 Å². The predicted octanol–water partition coefficient (Wildman–Crippen LogP) is 6.05. The minimum absolute atomic E-state index is 0.132. The van der Waals surface area contributed by atoms with Crippen LogP contribution in [-0.2, 0) is 22.4 Å². The van der Waals surface area contributed by atoms with Crippen molar-refractivity contribution in [3.8, 4) is 0 Å². The predicted molar refractivity (Wildman–Crippen MR) is 150 cm³/mol. The number of carbonyl (C=O) groups excluding carboxylic acids is 2. The van der Waals surface area contributed by atoms with Crippen molar-refractivity contribution < 1.29 is 14.3 Å². The van der Waals surface area contributed by atoms with Crippen molar-refractivity contribution >= 4 is 40.9 Å². The number of esters is 1. The Morgan fingerprint density at radius 2 is 1.64 bits per heavy atom. The molecular weight excluding hydrogens is 497 g/mol. The summed E-state index contributed by atoms with van der Waals surface area (Å²) in [5.74, 6) is -0.182. The van der Waals surface area contributed by atoms with Crippen LogP contribution >= 0.6 is 23.2 Å². The number of methoxy groups -OCH3 is 1. The van der Waals surface area contributed by atoms with Crippen LogP contribution in [0.25, 0.3) is 0 Å². The van der Waals surface area contributed by atoms with Gasteiger partial charge in [-0.1, -0.05) is 73.5 Å². The minimum atomic E-state index is -0.867. The van der Waals surface area contributed by atoms with Gasteiger partial charge in [-0.25, -0.2) is 4.79 Å². The molecule has 0 bridgehead atoms. The van der Waals surface area contributed by atoms with Crippen molar-refractivity contribution in [2.75, 3.05) is 20.7 Å². The van der Waals surface area contributed by atoms with E-state index in [0.717, 1.165) is 37.2 Å². The van der Waals surface area contributed by atoms with Crippen LogP contribution in [0.15, 0.2) is 59.6 Å². The molecule has 0 aromatic heterocycles. The number of hydrogen-bond donors (Lipinski definition) is 2. The Balaban J connectivity index is 0.00000316. The van der Waals surface area contributed by atoms with Gasteiger partial charge in [-0.3, -0.25) is 9.79 Å². The fraction of sp³-hybridized carbons (Fsp3) is 0.393. The number of nitrogens with zero attached hydrogens (tertiary/aromatic N) is 1. The van der Waals surface area contributed by atoms with E-state index in [1.165, 1.54) is 12.7 Å². The van der Waals surface area contributed by atoms with Crippen LogP contribution in [0, 0.1) is 0 Å². The van der Waals surface area contributed by atoms with Crippen LogP contribution in [0.1, 0.15) is 55.1 Å². The second-order valence-electron chi connectivity index (χ2n) is 7.66. The van der Waals surface area contributed by atoms with E-state index in [0.29, 0.717) is 0 Å². The quantitative estimate of drug-likeness (QED) is 0.159. The second kappa shape index (κ2) is 17.6. The van der Waals surface area contributed by atoms with Crippen molar-refractivity contribution in [1.82, 2.24) is 10.6 Å². The maximum Gasteiger partial charge on any atom is 0.328 e. The van der Waals surface area contributed by atoms with Gasteiger partial charge in [0.1, 0.15) is 11.9 Å². The van der Waals surface area contributed by atoms with Crippen molar-refractivity contribution in [3.05, 3.63) is 81.4 Å². The average molecular weight is 535 g/mol. The lowest BCUT2D eigenvalue weighted by atomic mass is 10.0. The topological polar surface area (TPSA) is 79.8 Å². The first-order valence-electron chi connectivity index (χ1n) is 12.1. The third-order valence-electron chi connectivity index (χ3n) is 5.21. The highest BCUT2D eigenvalue weighted by Crippen LogP contribution is 2.24. The number of carbonyl (C=O) groups is 2. The first-order valence-corrected chi connectivity index (χ1v) is 12.9. The van der Waals surface area contributed by atoms with Crippen molar-refractivity contribution in [1.29, 1.82) is 0 Å². The first-order chi connectivity index (χ1) is 17.4. The summed E-state index contributed by atoms with van der Waals surface area (Å²) in [4.78, 5) is 29.2. The van der Waals surface area contributed by atoms with Crippen LogP contribution in [0.4, 0.5) is 0 Å². The Kier molecular flexibility index (Phi) is 15.2. The summed E-state index contributed by atoms with van der Waals surface area (Å²) in [5, 5.41) is 6.43. The molecule has 1 atom stereocenters. The number of amidine groups is 1. The molecule has 0 saturated carbocycles. The van der Waals surface area contributed by atoms with E-state index < -0.39 is 17.9 Å². The highest BCUT2D eigenvalue weighted by atomic mass is 35.5. The summed E-state index contributed by atoms with van der Waals surface area (Å²) >= 11 is 12.2. The van der Waals surface area contributed by atoms with Gasteiger partial charge in [0, 0.05) is 20.0 Å². The van der Waals surface area contributed by atoms with Gasteiger partial charge >= 0.3 is 5.97 Å². The number of benzene rings is 2. The summed E-state index contributed by atoms with van der Waals surface area (Å²) in [6, 6.07) is 11.9. The minimum Gasteiger partial charge on any atom is -0.467 e. The van der Waals surface area contributed by atoms with E-state index in [9.17, 15) is 9.59 Å². The largest absolute Gasteiger partial charge is 0.467 e. The number of halogens is 2. The Hall–Kier alpha value is -2.83. The zero-order valence-electron chi connectivity index (χ0n) is 21.7. The molecule has 0 radical (unpaired) electrons. The number of nitrogens with one attached hydrogen (secondary N) is 2. The zero-order valence-corrected chi connectivity index (χ0v) is 23.2. The molecule has 0 fully saturated rings. The molecule has 1 amide bonds. The molecule has 0 aliphatic carbocycles. The van der Waals surface area contributed by atoms with Gasteiger partial charge in [0.15, 0.2) is 0 Å². The average Bonchev–Trinajstić information content (AvgIpc) is 2.89. The lowest BCUT2D eigenvalue weighted by Crippen LogP contribution is -2.43. The van der Waals surface area contributed by atoms with E-state index >= 15 is 0 Å². The van der Waals surface area contributed by atoms with Crippen LogP contribution in [0.5, 0.6) is 0 Å². The Bertz CT molecular complexity index is 1000. The summed E-state index contributed by atoms with van der Waals surface area (Å²) in [6.07, 6.45) is 7.21. The van der Waals surface area contributed by atoms with Crippen molar-refractivity contribution in [2.45, 2.75) is 52.5 Å². The number of ether oxygens (including phenoxy) is 1. The summed E-state index contributed by atoms with van der Waals surface area (Å²) in [6.45, 7) is 6.83. The van der Waals surface area contributed by atoms with Gasteiger partial charge in [0.25, 0.3) is 5.91 Å². The number of aryl methyl sites for hydroxylation is 1. The molecular formula is C28H37Cl2N3O3. The number of hydrogen-bond acceptors (Lipinski definition) is 4. The van der Waals surface area contributed by atoms with E-state index in [4.69, 9.17) is 27.9 Å². The maximum absolute atomic E-state index is 12.7. The Morgan fingerprint density at radius 1 is 1.03 bits per heavy atom. The maximum atomic E-state index is 12.7. The molecule has 2 aromatic rings. The van der Waals surface area contributed by atoms with Crippen LogP contribution < -0.4 is 10.6 Å². The van der Waals surface area contributed by atoms with Crippen molar-refractivity contribution in [3.63, 3.8) is 0 Å². The summed E-state index contributed by atoms with van der Waals surface area (Å²) in [7, 11) is 3.06. The number of rotatable bonds is 11. The lowest BCUT2D eigenvalue weighted by molar-refractivity contribution is -0.142. The second-order valence-corrected chi connectivity index (χ2v) is 8.47. The number of aliphatic imine (C=N–C) groups is 1. The molecule has 1 unspecified atom stereocenters. The van der Waals surface area contributed by atoms with E-state index in [1.54, 1.807) is 25.2 Å². The van der Waals surface area contributed by atoms with Gasteiger partial charge in [-0.05, 0) is 55.5 Å². The Morgan fingerprint density at radius 3 is 2.19 bits per heavy atom. The lowest BCUT2D eigenvalue weighted by Gasteiger charge is -2.18. The molecule has 0 heterocycles. The van der Waals surface area contributed by atoms with Gasteiger partial charge < -0.3 is 15.4 Å².